The van der Waals surface area contributed by atoms with Crippen molar-refractivity contribution in [1.82, 2.24) is 4.90 Å². The van der Waals surface area contributed by atoms with Crippen LogP contribution in [0, 0.1) is 5.92 Å². The molecule has 1 fully saturated rings. The van der Waals surface area contributed by atoms with Crippen LogP contribution < -0.4 is 0 Å². The minimum atomic E-state index is -4.62. The van der Waals surface area contributed by atoms with Gasteiger partial charge in [-0.25, -0.2) is 0 Å². The first-order valence-corrected chi connectivity index (χ1v) is 6.49. The topological polar surface area (TPSA) is 57.6 Å². The molecule has 7 heteroatoms. The number of nitrogens with zero attached hydrogens (tertiary/aromatic N) is 1. The first-order valence-electron chi connectivity index (χ1n) is 6.49. The second kappa shape index (κ2) is 5.75. The molecule has 21 heavy (non-hydrogen) atoms. The molecular formula is C14H14F3NO3. The summed E-state index contributed by atoms with van der Waals surface area (Å²) >= 11 is 0. The Bertz CT molecular complexity index is 557. The molecule has 0 radical (unpaired) electrons. The Morgan fingerprint density at radius 1 is 1.24 bits per heavy atom. The van der Waals surface area contributed by atoms with Gasteiger partial charge in [0.1, 0.15) is 0 Å². The van der Waals surface area contributed by atoms with Crippen LogP contribution in [0.5, 0.6) is 0 Å². The summed E-state index contributed by atoms with van der Waals surface area (Å²) < 4.78 is 38.7. The molecule has 1 aromatic carbocycles. The number of halogens is 3. The SMILES string of the molecule is O=C(O)[C@@H]1CCCN(C(=O)c2ccccc2C(F)(F)F)C1. The van der Waals surface area contributed by atoms with E-state index in [1.165, 1.54) is 17.0 Å². The van der Waals surface area contributed by atoms with Crippen LogP contribution in [0.15, 0.2) is 24.3 Å². The van der Waals surface area contributed by atoms with Gasteiger partial charge in [0.2, 0.25) is 0 Å². The van der Waals surface area contributed by atoms with E-state index >= 15 is 0 Å². The molecule has 1 aromatic rings. The number of rotatable bonds is 2. The van der Waals surface area contributed by atoms with Crippen molar-refractivity contribution in [3.8, 4) is 0 Å². The largest absolute Gasteiger partial charge is 0.481 e. The lowest BCUT2D eigenvalue weighted by Gasteiger charge is -2.31. The number of amides is 1. The molecule has 2 rings (SSSR count). The predicted octanol–water partition coefficient (Wildman–Crippen LogP) is 2.64. The van der Waals surface area contributed by atoms with Gasteiger partial charge >= 0.3 is 12.1 Å². The molecule has 1 atom stereocenters. The molecule has 1 aliphatic rings. The van der Waals surface area contributed by atoms with Crippen LogP contribution in [-0.2, 0) is 11.0 Å². The Morgan fingerprint density at radius 3 is 2.52 bits per heavy atom. The van der Waals surface area contributed by atoms with Gasteiger partial charge in [-0.1, -0.05) is 12.1 Å². The van der Waals surface area contributed by atoms with E-state index in [0.29, 0.717) is 12.8 Å². The van der Waals surface area contributed by atoms with Crippen molar-refractivity contribution >= 4 is 11.9 Å². The molecule has 1 amide bonds. The van der Waals surface area contributed by atoms with Crippen molar-refractivity contribution in [3.05, 3.63) is 35.4 Å². The summed E-state index contributed by atoms with van der Waals surface area (Å²) in [4.78, 5) is 24.4. The lowest BCUT2D eigenvalue weighted by atomic mass is 9.97. The molecule has 0 spiro atoms. The van der Waals surface area contributed by atoms with E-state index in [1.54, 1.807) is 0 Å². The fourth-order valence-electron chi connectivity index (χ4n) is 2.45. The second-order valence-corrected chi connectivity index (χ2v) is 4.97. The van der Waals surface area contributed by atoms with Crippen molar-refractivity contribution in [2.75, 3.05) is 13.1 Å². The Balaban J connectivity index is 2.26. The highest BCUT2D eigenvalue weighted by Gasteiger charge is 2.37. The molecule has 0 saturated carbocycles. The highest BCUT2D eigenvalue weighted by Crippen LogP contribution is 2.33. The zero-order chi connectivity index (χ0) is 15.6. The van der Waals surface area contributed by atoms with Gasteiger partial charge in [-0.05, 0) is 25.0 Å². The fourth-order valence-corrected chi connectivity index (χ4v) is 2.45. The number of likely N-dealkylation sites (tertiary alicyclic amines) is 1. The quantitative estimate of drug-likeness (QED) is 0.913. The highest BCUT2D eigenvalue weighted by molar-refractivity contribution is 5.96. The highest BCUT2D eigenvalue weighted by atomic mass is 19.4. The van der Waals surface area contributed by atoms with Gasteiger partial charge < -0.3 is 10.0 Å². The van der Waals surface area contributed by atoms with Gasteiger partial charge in [0.05, 0.1) is 17.0 Å². The van der Waals surface area contributed by atoms with Gasteiger partial charge in [0.15, 0.2) is 0 Å². The predicted molar refractivity (Wildman–Crippen MR) is 67.7 cm³/mol. The fraction of sp³-hybridized carbons (Fsp3) is 0.429. The van der Waals surface area contributed by atoms with E-state index in [1.807, 2.05) is 0 Å². The summed E-state index contributed by atoms with van der Waals surface area (Å²) in [6.45, 7) is 0.217. The van der Waals surface area contributed by atoms with Crippen LogP contribution in [0.4, 0.5) is 13.2 Å². The number of hydrogen-bond acceptors (Lipinski definition) is 2. The Hall–Kier alpha value is -2.05. The number of aliphatic carboxylic acids is 1. The Kier molecular flexibility index (Phi) is 4.20. The van der Waals surface area contributed by atoms with E-state index in [9.17, 15) is 22.8 Å². The third-order valence-corrected chi connectivity index (χ3v) is 3.52. The van der Waals surface area contributed by atoms with Crippen LogP contribution in [0.2, 0.25) is 0 Å². The number of hydrogen-bond donors (Lipinski definition) is 1. The van der Waals surface area contributed by atoms with E-state index < -0.39 is 35.1 Å². The van der Waals surface area contributed by atoms with Gasteiger partial charge in [-0.15, -0.1) is 0 Å². The van der Waals surface area contributed by atoms with Crippen molar-refractivity contribution in [3.63, 3.8) is 0 Å². The Morgan fingerprint density at radius 2 is 1.90 bits per heavy atom. The summed E-state index contributed by atoms with van der Waals surface area (Å²) in [5, 5.41) is 8.97. The van der Waals surface area contributed by atoms with E-state index in [4.69, 9.17) is 5.11 Å². The molecule has 1 N–H and O–H groups in total. The van der Waals surface area contributed by atoms with Crippen LogP contribution in [0.1, 0.15) is 28.8 Å². The number of piperidine rings is 1. The lowest BCUT2D eigenvalue weighted by molar-refractivity contribution is -0.143. The Labute approximate surface area is 119 Å². The molecule has 0 unspecified atom stereocenters. The van der Waals surface area contributed by atoms with Gasteiger partial charge in [0, 0.05) is 13.1 Å². The summed E-state index contributed by atoms with van der Waals surface area (Å²) in [7, 11) is 0. The number of carbonyl (C=O) groups excluding carboxylic acids is 1. The van der Waals surface area contributed by atoms with Crippen LogP contribution in [0.25, 0.3) is 0 Å². The van der Waals surface area contributed by atoms with Crippen molar-refractivity contribution in [1.29, 1.82) is 0 Å². The molecule has 0 aliphatic carbocycles. The van der Waals surface area contributed by atoms with E-state index in [0.717, 1.165) is 12.1 Å². The minimum Gasteiger partial charge on any atom is -0.481 e. The third kappa shape index (κ3) is 3.34. The zero-order valence-corrected chi connectivity index (χ0v) is 11.1. The average molecular weight is 301 g/mol. The summed E-state index contributed by atoms with van der Waals surface area (Å²) in [6, 6.07) is 4.55. The maximum absolute atomic E-state index is 12.9. The zero-order valence-electron chi connectivity index (χ0n) is 11.1. The van der Waals surface area contributed by atoms with Crippen molar-refractivity contribution < 1.29 is 27.9 Å². The first kappa shape index (κ1) is 15.3. The molecule has 0 bridgehead atoms. The normalized spacial score (nSPS) is 19.4. The molecule has 1 heterocycles. The molecular weight excluding hydrogens is 287 g/mol. The van der Waals surface area contributed by atoms with Gasteiger partial charge in [0.25, 0.3) is 5.91 Å². The first-order chi connectivity index (χ1) is 9.80. The monoisotopic (exact) mass is 301 g/mol. The number of benzene rings is 1. The minimum absolute atomic E-state index is 0.0552. The summed E-state index contributed by atoms with van der Waals surface area (Å²) in [5.74, 6) is -2.52. The standard InChI is InChI=1S/C14H14F3NO3/c15-14(16,17)11-6-2-1-5-10(11)12(19)18-7-3-4-9(8-18)13(20)21/h1-2,5-6,9H,3-4,7-8H2,(H,20,21)/t9-/m1/s1. The van der Waals surface area contributed by atoms with E-state index in [2.05, 4.69) is 0 Å². The lowest BCUT2D eigenvalue weighted by Crippen LogP contribution is -2.42. The average Bonchev–Trinajstić information content (AvgIpc) is 2.45. The second-order valence-electron chi connectivity index (χ2n) is 4.97. The van der Waals surface area contributed by atoms with E-state index in [-0.39, 0.29) is 13.1 Å². The van der Waals surface area contributed by atoms with Gasteiger partial charge in [-0.2, -0.15) is 13.2 Å². The number of carboxylic acid groups (broad SMARTS) is 1. The molecule has 4 nitrogen and oxygen atoms in total. The number of carbonyl (C=O) groups is 2. The molecule has 1 aliphatic heterocycles. The van der Waals surface area contributed by atoms with Gasteiger partial charge in [-0.3, -0.25) is 9.59 Å². The third-order valence-electron chi connectivity index (χ3n) is 3.52. The summed E-state index contributed by atoms with van der Waals surface area (Å²) in [5.41, 5.74) is -1.43. The maximum atomic E-state index is 12.9. The van der Waals surface area contributed by atoms with Crippen LogP contribution in [-0.4, -0.2) is 35.0 Å². The van der Waals surface area contributed by atoms with Crippen LogP contribution in [0.3, 0.4) is 0 Å². The maximum Gasteiger partial charge on any atom is 0.417 e. The number of carboxylic acids is 1. The molecule has 0 aromatic heterocycles. The molecule has 1 saturated heterocycles. The van der Waals surface area contributed by atoms with Crippen molar-refractivity contribution in [2.24, 2.45) is 5.92 Å². The van der Waals surface area contributed by atoms with Crippen molar-refractivity contribution in [2.45, 2.75) is 19.0 Å². The summed E-state index contributed by atoms with van der Waals surface area (Å²) in [6.07, 6.45) is -3.72. The number of alkyl halides is 3. The van der Waals surface area contributed by atoms with Crippen LogP contribution >= 0.6 is 0 Å². The molecule has 114 valence electrons. The smallest absolute Gasteiger partial charge is 0.417 e.